The summed E-state index contributed by atoms with van der Waals surface area (Å²) in [5.74, 6) is -1.11. The van der Waals surface area contributed by atoms with Gasteiger partial charge in [-0.2, -0.15) is 0 Å². The molecule has 2 rings (SSSR count). The highest BCUT2D eigenvalue weighted by molar-refractivity contribution is 6.34. The Balaban J connectivity index is 2.05. The van der Waals surface area contributed by atoms with Crippen LogP contribution >= 0.6 is 0 Å². The first-order valence-electron chi connectivity index (χ1n) is 6.00. The molecule has 0 bridgehead atoms. The molecule has 0 aromatic rings. The Morgan fingerprint density at radius 3 is 3.00 bits per heavy atom. The van der Waals surface area contributed by atoms with Crippen molar-refractivity contribution < 1.29 is 19.1 Å². The van der Waals surface area contributed by atoms with Crippen molar-refractivity contribution in [1.29, 1.82) is 0 Å². The van der Waals surface area contributed by atoms with Crippen molar-refractivity contribution in [3.8, 4) is 0 Å². The molecule has 2 saturated heterocycles. The molecule has 7 heteroatoms. The largest absolute Gasteiger partial charge is 0.460 e. The predicted molar refractivity (Wildman–Crippen MR) is 62.5 cm³/mol. The third-order valence-electron chi connectivity index (χ3n) is 3.31. The van der Waals surface area contributed by atoms with Crippen LogP contribution in [0.25, 0.3) is 0 Å². The first-order chi connectivity index (χ1) is 8.59. The zero-order valence-electron chi connectivity index (χ0n) is 10.3. The molecule has 1 atom stereocenters. The van der Waals surface area contributed by atoms with Crippen LogP contribution in [0.15, 0.2) is 5.10 Å². The van der Waals surface area contributed by atoms with Crippen LogP contribution in [0.1, 0.15) is 19.8 Å². The Morgan fingerprint density at radius 2 is 2.39 bits per heavy atom. The molecule has 1 amide bonds. The first-order valence-corrected chi connectivity index (χ1v) is 6.00. The van der Waals surface area contributed by atoms with E-state index in [1.165, 1.54) is 5.01 Å². The molecule has 0 saturated carbocycles. The van der Waals surface area contributed by atoms with Gasteiger partial charge in [-0.3, -0.25) is 4.79 Å². The van der Waals surface area contributed by atoms with Gasteiger partial charge >= 0.3 is 5.97 Å². The number of ether oxygens (including phenoxy) is 2. The zero-order valence-corrected chi connectivity index (χ0v) is 10.3. The van der Waals surface area contributed by atoms with Crippen molar-refractivity contribution in [3.63, 3.8) is 0 Å². The molecule has 0 aromatic heterocycles. The summed E-state index contributed by atoms with van der Waals surface area (Å²) in [5.41, 5.74) is 5.02. The molecule has 2 heterocycles. The van der Waals surface area contributed by atoms with E-state index < -0.39 is 11.4 Å². The van der Waals surface area contributed by atoms with Gasteiger partial charge in [0, 0.05) is 13.2 Å². The van der Waals surface area contributed by atoms with Gasteiger partial charge in [0.25, 0.3) is 5.91 Å². The monoisotopic (exact) mass is 255 g/mol. The number of carbonyl (C=O) groups is 2. The van der Waals surface area contributed by atoms with Crippen molar-refractivity contribution >= 4 is 17.7 Å². The standard InChI is InChI=1S/C11H17N3O4/c1-2-18-9(15)8(12)13-14-5-3-11(10(14)16)4-6-17-7-11/h2-7H2,1H3,(H2,12,13). The number of rotatable bonds is 2. The molecular formula is C11H17N3O4. The van der Waals surface area contributed by atoms with Gasteiger partial charge in [0.05, 0.1) is 18.6 Å². The topological polar surface area (TPSA) is 94.2 Å². The number of esters is 1. The van der Waals surface area contributed by atoms with E-state index in [0.29, 0.717) is 32.6 Å². The van der Waals surface area contributed by atoms with Crippen LogP contribution in [0.4, 0.5) is 0 Å². The third-order valence-corrected chi connectivity index (χ3v) is 3.31. The Labute approximate surface area is 105 Å². The van der Waals surface area contributed by atoms with E-state index in [-0.39, 0.29) is 18.3 Å². The highest BCUT2D eigenvalue weighted by Crippen LogP contribution is 2.39. The Bertz CT molecular complexity index is 388. The highest BCUT2D eigenvalue weighted by Gasteiger charge is 2.49. The lowest BCUT2D eigenvalue weighted by Gasteiger charge is -2.18. The predicted octanol–water partition coefficient (Wildman–Crippen LogP) is -0.539. The summed E-state index contributed by atoms with van der Waals surface area (Å²) in [6.45, 7) is 3.38. The fraction of sp³-hybridized carbons (Fsp3) is 0.727. The average molecular weight is 255 g/mol. The van der Waals surface area contributed by atoms with E-state index in [4.69, 9.17) is 15.2 Å². The maximum atomic E-state index is 12.2. The van der Waals surface area contributed by atoms with E-state index in [0.717, 1.165) is 0 Å². The number of amides is 1. The molecule has 0 aromatic carbocycles. The minimum atomic E-state index is -0.700. The number of amidine groups is 1. The van der Waals surface area contributed by atoms with Gasteiger partial charge in [-0.1, -0.05) is 0 Å². The lowest BCUT2D eigenvalue weighted by molar-refractivity contribution is -0.136. The lowest BCUT2D eigenvalue weighted by atomic mass is 9.86. The number of carbonyl (C=O) groups excluding carboxylic acids is 2. The van der Waals surface area contributed by atoms with Gasteiger partial charge < -0.3 is 15.2 Å². The maximum absolute atomic E-state index is 12.2. The van der Waals surface area contributed by atoms with Gasteiger partial charge in [0.15, 0.2) is 0 Å². The maximum Gasteiger partial charge on any atom is 0.375 e. The van der Waals surface area contributed by atoms with E-state index in [1.54, 1.807) is 6.92 Å². The van der Waals surface area contributed by atoms with Crippen molar-refractivity contribution in [1.82, 2.24) is 5.01 Å². The molecule has 18 heavy (non-hydrogen) atoms. The second kappa shape index (κ2) is 4.93. The molecule has 2 N–H and O–H groups in total. The van der Waals surface area contributed by atoms with Crippen LogP contribution in [0.3, 0.4) is 0 Å². The third kappa shape index (κ3) is 2.17. The molecule has 100 valence electrons. The molecular weight excluding hydrogens is 238 g/mol. The van der Waals surface area contributed by atoms with Crippen LogP contribution in [-0.4, -0.2) is 49.1 Å². The SMILES string of the molecule is CCOC(=O)/C(N)=N/N1CCC2(CCOC2)C1=O. The van der Waals surface area contributed by atoms with Crippen molar-refractivity contribution in [2.45, 2.75) is 19.8 Å². The normalized spacial score (nSPS) is 28.2. The quantitative estimate of drug-likeness (QED) is 0.406. The average Bonchev–Trinajstić information content (AvgIpc) is 2.93. The lowest BCUT2D eigenvalue weighted by Crippen LogP contribution is -2.35. The first kappa shape index (κ1) is 12.8. The van der Waals surface area contributed by atoms with Crippen LogP contribution in [-0.2, 0) is 19.1 Å². The second-order valence-electron chi connectivity index (χ2n) is 4.47. The fourth-order valence-corrected chi connectivity index (χ4v) is 2.25. The fourth-order valence-electron chi connectivity index (χ4n) is 2.25. The van der Waals surface area contributed by atoms with Crippen LogP contribution in [0.2, 0.25) is 0 Å². The summed E-state index contributed by atoms with van der Waals surface area (Å²) < 4.78 is 9.98. The van der Waals surface area contributed by atoms with E-state index >= 15 is 0 Å². The highest BCUT2D eigenvalue weighted by atomic mass is 16.5. The number of hydrogen-bond donors (Lipinski definition) is 1. The second-order valence-corrected chi connectivity index (χ2v) is 4.47. The Morgan fingerprint density at radius 1 is 1.61 bits per heavy atom. The van der Waals surface area contributed by atoms with Gasteiger partial charge in [-0.25, -0.2) is 9.80 Å². The van der Waals surface area contributed by atoms with Gasteiger partial charge in [0.1, 0.15) is 0 Å². The molecule has 0 radical (unpaired) electrons. The van der Waals surface area contributed by atoms with Crippen molar-refractivity contribution in [2.75, 3.05) is 26.4 Å². The van der Waals surface area contributed by atoms with E-state index in [2.05, 4.69) is 5.10 Å². The van der Waals surface area contributed by atoms with E-state index in [1.807, 2.05) is 0 Å². The van der Waals surface area contributed by atoms with Crippen molar-refractivity contribution in [2.24, 2.45) is 16.3 Å². The molecule has 0 aliphatic carbocycles. The van der Waals surface area contributed by atoms with Gasteiger partial charge in [0.2, 0.25) is 5.84 Å². The summed E-state index contributed by atoms with van der Waals surface area (Å²) in [7, 11) is 0. The Kier molecular flexibility index (Phi) is 3.51. The van der Waals surface area contributed by atoms with Crippen LogP contribution in [0, 0.1) is 5.41 Å². The van der Waals surface area contributed by atoms with E-state index in [9.17, 15) is 9.59 Å². The number of hydrogen-bond acceptors (Lipinski definition) is 5. The molecule has 2 fully saturated rings. The molecule has 2 aliphatic heterocycles. The number of hydrazone groups is 1. The number of nitrogens with two attached hydrogens (primary N) is 1. The number of nitrogens with zero attached hydrogens (tertiary/aromatic N) is 2. The van der Waals surface area contributed by atoms with Crippen molar-refractivity contribution in [3.05, 3.63) is 0 Å². The van der Waals surface area contributed by atoms with Crippen LogP contribution in [0.5, 0.6) is 0 Å². The Hall–Kier alpha value is -1.63. The smallest absolute Gasteiger partial charge is 0.375 e. The molecule has 1 unspecified atom stereocenters. The summed E-state index contributed by atoms with van der Waals surface area (Å²) in [6, 6.07) is 0. The summed E-state index contributed by atoms with van der Waals surface area (Å²) >= 11 is 0. The van der Waals surface area contributed by atoms with Gasteiger partial charge in [-0.15, -0.1) is 5.10 Å². The van der Waals surface area contributed by atoms with Crippen LogP contribution < -0.4 is 5.73 Å². The van der Waals surface area contributed by atoms with Gasteiger partial charge in [-0.05, 0) is 19.8 Å². The zero-order chi connectivity index (χ0) is 13.2. The minimum Gasteiger partial charge on any atom is -0.460 e. The summed E-state index contributed by atoms with van der Waals surface area (Å²) in [4.78, 5) is 23.5. The summed E-state index contributed by atoms with van der Waals surface area (Å²) in [5, 5.41) is 5.09. The molecule has 2 aliphatic rings. The molecule has 7 nitrogen and oxygen atoms in total. The minimum absolute atomic E-state index is 0.118. The summed E-state index contributed by atoms with van der Waals surface area (Å²) in [6.07, 6.45) is 1.39. The molecule has 1 spiro atoms.